The second kappa shape index (κ2) is 9.98. The average Bonchev–Trinajstić information content (AvgIpc) is 2.82. The van der Waals surface area contributed by atoms with Crippen LogP contribution < -0.4 is 20.1 Å². The van der Waals surface area contributed by atoms with Crippen LogP contribution in [0.25, 0.3) is 0 Å². The number of hydrogen-bond donors (Lipinski definition) is 2. The standard InChI is InChI=1S/C18H28N2O3/c1-2-22-16-9-11-17(12-10-16)23-14-13-19-18(21)20-15-7-5-3-4-6-8-15/h9-12,15H,2-8,13-14H2,1H3,(H2,19,20,21). The topological polar surface area (TPSA) is 59.6 Å². The highest BCUT2D eigenvalue weighted by atomic mass is 16.5. The molecule has 0 saturated heterocycles. The van der Waals surface area contributed by atoms with Gasteiger partial charge in [-0.2, -0.15) is 0 Å². The van der Waals surface area contributed by atoms with Gasteiger partial charge in [0.05, 0.1) is 13.2 Å². The number of carbonyl (C=O) groups excluding carboxylic acids is 1. The van der Waals surface area contributed by atoms with Crippen LogP contribution in [0.4, 0.5) is 4.79 Å². The third-order valence-electron chi connectivity index (χ3n) is 3.98. The van der Waals surface area contributed by atoms with E-state index in [0.717, 1.165) is 24.3 Å². The fourth-order valence-corrected chi connectivity index (χ4v) is 2.79. The molecule has 2 amide bonds. The van der Waals surface area contributed by atoms with Gasteiger partial charge in [0, 0.05) is 6.04 Å². The number of carbonyl (C=O) groups is 1. The van der Waals surface area contributed by atoms with Gasteiger partial charge in [0.25, 0.3) is 0 Å². The van der Waals surface area contributed by atoms with Crippen molar-refractivity contribution in [3.63, 3.8) is 0 Å². The maximum Gasteiger partial charge on any atom is 0.315 e. The highest BCUT2D eigenvalue weighted by Crippen LogP contribution is 2.18. The zero-order chi connectivity index (χ0) is 16.3. The normalized spacial score (nSPS) is 15.5. The van der Waals surface area contributed by atoms with Crippen molar-refractivity contribution in [3.05, 3.63) is 24.3 Å². The SMILES string of the molecule is CCOc1ccc(OCCNC(=O)NC2CCCCCC2)cc1. The second-order valence-electron chi connectivity index (χ2n) is 5.84. The lowest BCUT2D eigenvalue weighted by Crippen LogP contribution is -2.43. The lowest BCUT2D eigenvalue weighted by Gasteiger charge is -2.16. The number of benzene rings is 1. The summed E-state index contributed by atoms with van der Waals surface area (Å²) in [5, 5.41) is 5.91. The Morgan fingerprint density at radius 3 is 2.26 bits per heavy atom. The molecular weight excluding hydrogens is 292 g/mol. The summed E-state index contributed by atoms with van der Waals surface area (Å²) < 4.78 is 11.0. The van der Waals surface area contributed by atoms with E-state index in [-0.39, 0.29) is 6.03 Å². The number of nitrogens with one attached hydrogen (secondary N) is 2. The molecule has 23 heavy (non-hydrogen) atoms. The van der Waals surface area contributed by atoms with Gasteiger partial charge >= 0.3 is 6.03 Å². The molecule has 1 saturated carbocycles. The predicted molar refractivity (Wildman–Crippen MR) is 91.1 cm³/mol. The lowest BCUT2D eigenvalue weighted by molar-refractivity contribution is 0.231. The van der Waals surface area contributed by atoms with Crippen LogP contribution in [-0.2, 0) is 0 Å². The molecule has 2 N–H and O–H groups in total. The minimum atomic E-state index is -0.0906. The summed E-state index contributed by atoms with van der Waals surface area (Å²) >= 11 is 0. The zero-order valence-corrected chi connectivity index (χ0v) is 14.0. The summed E-state index contributed by atoms with van der Waals surface area (Å²) in [6.45, 7) is 3.55. The van der Waals surface area contributed by atoms with Gasteiger partial charge in [-0.1, -0.05) is 25.7 Å². The molecule has 0 unspecified atom stereocenters. The summed E-state index contributed by atoms with van der Waals surface area (Å²) in [7, 11) is 0. The van der Waals surface area contributed by atoms with E-state index in [4.69, 9.17) is 9.47 Å². The summed E-state index contributed by atoms with van der Waals surface area (Å²) in [4.78, 5) is 11.9. The summed E-state index contributed by atoms with van der Waals surface area (Å²) in [6.07, 6.45) is 7.19. The predicted octanol–water partition coefficient (Wildman–Crippen LogP) is 3.49. The molecule has 1 fully saturated rings. The number of amides is 2. The molecule has 0 aliphatic heterocycles. The van der Waals surface area contributed by atoms with Crippen LogP contribution in [0, 0.1) is 0 Å². The van der Waals surface area contributed by atoms with Crippen LogP contribution in [0.5, 0.6) is 11.5 Å². The Hall–Kier alpha value is -1.91. The third-order valence-corrected chi connectivity index (χ3v) is 3.98. The fraction of sp³-hybridized carbons (Fsp3) is 0.611. The van der Waals surface area contributed by atoms with E-state index in [0.29, 0.717) is 25.8 Å². The average molecular weight is 320 g/mol. The smallest absolute Gasteiger partial charge is 0.315 e. The van der Waals surface area contributed by atoms with Crippen LogP contribution in [0.2, 0.25) is 0 Å². The highest BCUT2D eigenvalue weighted by molar-refractivity contribution is 5.74. The molecule has 0 spiro atoms. The quantitative estimate of drug-likeness (QED) is 0.597. The molecule has 5 heteroatoms. The minimum absolute atomic E-state index is 0.0906. The molecule has 2 rings (SSSR count). The number of urea groups is 1. The van der Waals surface area contributed by atoms with Crippen molar-refractivity contribution in [2.45, 2.75) is 51.5 Å². The monoisotopic (exact) mass is 320 g/mol. The van der Waals surface area contributed by atoms with Gasteiger partial charge in [0.2, 0.25) is 0 Å². The second-order valence-corrected chi connectivity index (χ2v) is 5.84. The van der Waals surface area contributed by atoms with Gasteiger partial charge < -0.3 is 20.1 Å². The molecule has 0 bridgehead atoms. The van der Waals surface area contributed by atoms with Gasteiger partial charge in [-0.05, 0) is 44.0 Å². The molecule has 1 aliphatic rings. The minimum Gasteiger partial charge on any atom is -0.494 e. The lowest BCUT2D eigenvalue weighted by atomic mass is 10.1. The summed E-state index contributed by atoms with van der Waals surface area (Å²) in [5.74, 6) is 1.61. The van der Waals surface area contributed by atoms with E-state index in [9.17, 15) is 4.79 Å². The molecule has 0 heterocycles. The first-order valence-electron chi connectivity index (χ1n) is 8.68. The maximum absolute atomic E-state index is 11.9. The number of hydrogen-bond acceptors (Lipinski definition) is 3. The van der Waals surface area contributed by atoms with Crippen LogP contribution in [0.3, 0.4) is 0 Å². The Bertz CT molecular complexity index is 454. The van der Waals surface area contributed by atoms with Gasteiger partial charge in [0.1, 0.15) is 18.1 Å². The van der Waals surface area contributed by atoms with E-state index < -0.39 is 0 Å². The highest BCUT2D eigenvalue weighted by Gasteiger charge is 2.14. The molecule has 0 radical (unpaired) electrons. The Balaban J connectivity index is 1.59. The largest absolute Gasteiger partial charge is 0.494 e. The van der Waals surface area contributed by atoms with Crippen LogP contribution >= 0.6 is 0 Å². The molecule has 1 aliphatic carbocycles. The van der Waals surface area contributed by atoms with E-state index in [1.807, 2.05) is 31.2 Å². The zero-order valence-electron chi connectivity index (χ0n) is 14.0. The van der Waals surface area contributed by atoms with Crippen molar-refractivity contribution in [3.8, 4) is 11.5 Å². The third kappa shape index (κ3) is 6.80. The van der Waals surface area contributed by atoms with Crippen LogP contribution in [-0.4, -0.2) is 31.8 Å². The molecule has 1 aromatic carbocycles. The maximum atomic E-state index is 11.9. The van der Waals surface area contributed by atoms with Crippen molar-refractivity contribution in [1.82, 2.24) is 10.6 Å². The van der Waals surface area contributed by atoms with Crippen molar-refractivity contribution in [2.24, 2.45) is 0 Å². The Morgan fingerprint density at radius 1 is 1.04 bits per heavy atom. The summed E-state index contributed by atoms with van der Waals surface area (Å²) in [6, 6.07) is 7.74. The van der Waals surface area contributed by atoms with Crippen molar-refractivity contribution in [1.29, 1.82) is 0 Å². The molecule has 0 atom stereocenters. The van der Waals surface area contributed by atoms with E-state index >= 15 is 0 Å². The van der Waals surface area contributed by atoms with Crippen LogP contribution in [0.1, 0.15) is 45.4 Å². The van der Waals surface area contributed by atoms with Crippen molar-refractivity contribution < 1.29 is 14.3 Å². The van der Waals surface area contributed by atoms with E-state index in [1.165, 1.54) is 25.7 Å². The van der Waals surface area contributed by atoms with Crippen molar-refractivity contribution in [2.75, 3.05) is 19.8 Å². The van der Waals surface area contributed by atoms with Gasteiger partial charge in [0.15, 0.2) is 0 Å². The molecule has 0 aromatic heterocycles. The Labute approximate surface area is 138 Å². The first-order chi connectivity index (χ1) is 11.3. The van der Waals surface area contributed by atoms with E-state index in [1.54, 1.807) is 0 Å². The Morgan fingerprint density at radius 2 is 1.65 bits per heavy atom. The van der Waals surface area contributed by atoms with E-state index in [2.05, 4.69) is 10.6 Å². The summed E-state index contributed by atoms with van der Waals surface area (Å²) in [5.41, 5.74) is 0. The van der Waals surface area contributed by atoms with Gasteiger partial charge in [-0.25, -0.2) is 4.79 Å². The number of ether oxygens (including phenoxy) is 2. The number of rotatable bonds is 7. The fourth-order valence-electron chi connectivity index (χ4n) is 2.79. The molecule has 128 valence electrons. The molecule has 1 aromatic rings. The van der Waals surface area contributed by atoms with Gasteiger partial charge in [-0.15, -0.1) is 0 Å². The molecular formula is C18H28N2O3. The van der Waals surface area contributed by atoms with Gasteiger partial charge in [-0.3, -0.25) is 0 Å². The molecule has 5 nitrogen and oxygen atoms in total. The first kappa shape index (κ1) is 17.4. The first-order valence-corrected chi connectivity index (χ1v) is 8.68. The van der Waals surface area contributed by atoms with Crippen molar-refractivity contribution >= 4 is 6.03 Å². The Kier molecular flexibility index (Phi) is 7.57. The van der Waals surface area contributed by atoms with Crippen LogP contribution in [0.15, 0.2) is 24.3 Å².